The highest BCUT2D eigenvalue weighted by Crippen LogP contribution is 2.44. The van der Waals surface area contributed by atoms with Gasteiger partial charge in [0.2, 0.25) is 0 Å². The third kappa shape index (κ3) is 14.3. The van der Waals surface area contributed by atoms with Gasteiger partial charge in [0.15, 0.2) is 12.0 Å². The zero-order valence-electron chi connectivity index (χ0n) is 29.7. The van der Waals surface area contributed by atoms with Crippen LogP contribution in [0.5, 0.6) is 0 Å². The highest BCUT2D eigenvalue weighted by molar-refractivity contribution is 7.47. The Labute approximate surface area is 287 Å². The predicted molar refractivity (Wildman–Crippen MR) is 188 cm³/mol. The van der Waals surface area contributed by atoms with Gasteiger partial charge in [-0.15, -0.1) is 0 Å². The fraction of sp³-hybridized carbons (Fsp3) is 0.857. The first-order chi connectivity index (χ1) is 23.1. The maximum atomic E-state index is 12.8. The van der Waals surface area contributed by atoms with E-state index in [-0.39, 0.29) is 12.4 Å². The van der Waals surface area contributed by atoms with Crippen molar-refractivity contribution in [1.29, 1.82) is 0 Å². The van der Waals surface area contributed by atoms with Gasteiger partial charge in [-0.2, -0.15) is 4.98 Å². The largest absolute Gasteiger partial charge is 0.472 e. The molecule has 13 heteroatoms. The highest BCUT2D eigenvalue weighted by Gasteiger charge is 2.45. The summed E-state index contributed by atoms with van der Waals surface area (Å²) in [4.78, 5) is 33.4. The smallest absolute Gasteiger partial charge is 0.387 e. The van der Waals surface area contributed by atoms with Crippen LogP contribution >= 0.6 is 7.82 Å². The number of piperidine rings is 1. The first-order valence-corrected chi connectivity index (χ1v) is 20.2. The number of aliphatic imine (C=N–C) groups is 1. The van der Waals surface area contributed by atoms with Crippen LogP contribution < -0.4 is 5.69 Å². The molecule has 0 amide bonds. The lowest BCUT2D eigenvalue weighted by Crippen LogP contribution is -2.42. The van der Waals surface area contributed by atoms with Crippen molar-refractivity contribution in [3.05, 3.63) is 22.7 Å². The number of phosphoric ester groups is 1. The summed E-state index contributed by atoms with van der Waals surface area (Å²) in [7, 11) is -4.39. The number of aliphatic hydroxyl groups excluding tert-OH is 2. The predicted octanol–water partition coefficient (Wildman–Crippen LogP) is 7.18. The average Bonchev–Trinajstić information content (AvgIpc) is 3.33. The van der Waals surface area contributed by atoms with Gasteiger partial charge >= 0.3 is 13.5 Å². The van der Waals surface area contributed by atoms with Crippen LogP contribution in [0, 0.1) is 0 Å². The van der Waals surface area contributed by atoms with Gasteiger partial charge in [-0.25, -0.2) is 14.4 Å². The van der Waals surface area contributed by atoms with Crippen LogP contribution in [0.2, 0.25) is 0 Å². The minimum absolute atomic E-state index is 0.0804. The summed E-state index contributed by atoms with van der Waals surface area (Å²) in [5, 5.41) is 21.1. The number of unbranched alkanes of at least 4 members (excludes halogenated alkanes) is 15. The van der Waals surface area contributed by atoms with E-state index in [1.807, 2.05) is 0 Å². The Morgan fingerprint density at radius 1 is 0.896 bits per heavy atom. The number of nitrogens with zero attached hydrogens (tertiary/aromatic N) is 4. The molecule has 7 atom stereocenters. The number of hydrogen-bond acceptors (Lipinski definition) is 9. The number of hydrogen-bond donors (Lipinski definition) is 3. The minimum atomic E-state index is -4.39. The molecule has 5 unspecified atom stereocenters. The monoisotopic (exact) mass is 698 g/mol. The molecule has 0 radical (unpaired) electrons. The molecule has 2 fully saturated rings. The van der Waals surface area contributed by atoms with E-state index in [0.29, 0.717) is 18.5 Å². The molecule has 0 aliphatic carbocycles. The van der Waals surface area contributed by atoms with E-state index < -0.39 is 44.7 Å². The zero-order chi connectivity index (χ0) is 34.8. The van der Waals surface area contributed by atoms with Gasteiger partial charge in [-0.05, 0) is 45.6 Å². The van der Waals surface area contributed by atoms with Crippen molar-refractivity contribution in [2.75, 3.05) is 13.2 Å². The number of rotatable bonds is 24. The summed E-state index contributed by atoms with van der Waals surface area (Å²) >= 11 is 0. The Morgan fingerprint density at radius 3 is 1.98 bits per heavy atom. The Morgan fingerprint density at radius 2 is 1.44 bits per heavy atom. The SMILES string of the molecule is CCCCCCCCCCCCCCCCCCOP(=O)(O)OC[C@H]1O[C@@H](n2ccc(N=CN3C(C)CCCC3C)nc2=O)C(O)C1O. The first-order valence-electron chi connectivity index (χ1n) is 18.7. The number of ether oxygens (including phenoxy) is 1. The molecule has 48 heavy (non-hydrogen) atoms. The van der Waals surface area contributed by atoms with E-state index in [1.54, 1.807) is 6.34 Å². The third-order valence-corrected chi connectivity index (χ3v) is 10.7. The number of aromatic nitrogens is 2. The van der Waals surface area contributed by atoms with Crippen LogP contribution in [0.4, 0.5) is 5.82 Å². The molecule has 3 N–H and O–H groups in total. The molecule has 1 aromatic heterocycles. The second-order valence-electron chi connectivity index (χ2n) is 13.7. The molecule has 2 saturated heterocycles. The second kappa shape index (κ2) is 22.2. The molecule has 3 rings (SSSR count). The summed E-state index contributed by atoms with van der Waals surface area (Å²) in [6.07, 6.45) is 20.9. The summed E-state index contributed by atoms with van der Waals surface area (Å²) in [5.41, 5.74) is -0.711. The van der Waals surface area contributed by atoms with Gasteiger partial charge in [0, 0.05) is 18.3 Å². The van der Waals surface area contributed by atoms with Gasteiger partial charge in [0.05, 0.1) is 19.6 Å². The molecule has 12 nitrogen and oxygen atoms in total. The third-order valence-electron chi connectivity index (χ3n) is 9.67. The molecule has 0 bridgehead atoms. The van der Waals surface area contributed by atoms with E-state index in [0.717, 1.165) is 36.7 Å². The summed E-state index contributed by atoms with van der Waals surface area (Å²) in [6.45, 7) is 6.11. The van der Waals surface area contributed by atoms with Crippen molar-refractivity contribution in [3.63, 3.8) is 0 Å². The van der Waals surface area contributed by atoms with E-state index in [9.17, 15) is 24.5 Å². The van der Waals surface area contributed by atoms with Crippen LogP contribution in [0.1, 0.15) is 149 Å². The molecule has 276 valence electrons. The van der Waals surface area contributed by atoms with Crippen LogP contribution in [0.25, 0.3) is 0 Å². The van der Waals surface area contributed by atoms with Gasteiger partial charge in [0.1, 0.15) is 18.3 Å². The van der Waals surface area contributed by atoms with Gasteiger partial charge in [-0.3, -0.25) is 13.6 Å². The number of aliphatic hydroxyl groups is 2. The summed E-state index contributed by atoms with van der Waals surface area (Å²) in [6, 6.07) is 2.22. The van der Waals surface area contributed by atoms with Gasteiger partial charge in [-0.1, -0.05) is 103 Å². The lowest BCUT2D eigenvalue weighted by molar-refractivity contribution is -0.0551. The summed E-state index contributed by atoms with van der Waals surface area (Å²) in [5.74, 6) is 0.219. The minimum Gasteiger partial charge on any atom is -0.387 e. The Kier molecular flexibility index (Phi) is 18.9. The van der Waals surface area contributed by atoms with Crippen molar-refractivity contribution in [3.8, 4) is 0 Å². The van der Waals surface area contributed by atoms with Crippen molar-refractivity contribution in [2.24, 2.45) is 4.99 Å². The lowest BCUT2D eigenvalue weighted by atomic mass is 9.98. The number of phosphoric acid groups is 1. The zero-order valence-corrected chi connectivity index (χ0v) is 30.6. The molecule has 1 aromatic rings. The van der Waals surface area contributed by atoms with Crippen LogP contribution in [-0.2, 0) is 18.3 Å². The Balaban J connectivity index is 1.28. The van der Waals surface area contributed by atoms with Crippen molar-refractivity contribution in [1.82, 2.24) is 14.5 Å². The average molecular weight is 699 g/mol. The van der Waals surface area contributed by atoms with Gasteiger partial charge in [0.25, 0.3) is 0 Å². The maximum Gasteiger partial charge on any atom is 0.472 e. The van der Waals surface area contributed by atoms with Crippen molar-refractivity contribution in [2.45, 2.75) is 179 Å². The molecule has 2 aliphatic rings. The molecular weight excluding hydrogens is 635 g/mol. The molecular formula is C35H63N4O8P. The number of likely N-dealkylation sites (tertiary alicyclic amines) is 1. The second-order valence-corrected chi connectivity index (χ2v) is 15.2. The molecule has 0 spiro atoms. The summed E-state index contributed by atoms with van der Waals surface area (Å²) < 4.78 is 29.3. The van der Waals surface area contributed by atoms with Gasteiger partial charge < -0.3 is 24.7 Å². The molecule has 3 heterocycles. The maximum absolute atomic E-state index is 12.8. The van der Waals surface area contributed by atoms with E-state index in [2.05, 4.69) is 35.6 Å². The van der Waals surface area contributed by atoms with Crippen LogP contribution in [-0.4, -0.2) is 79.5 Å². The van der Waals surface area contributed by atoms with E-state index in [4.69, 9.17) is 13.8 Å². The fourth-order valence-corrected chi connectivity index (χ4v) is 7.37. The topological polar surface area (TPSA) is 156 Å². The lowest BCUT2D eigenvalue weighted by Gasteiger charge is -2.37. The Hall–Kier alpha value is -1.66. The van der Waals surface area contributed by atoms with E-state index >= 15 is 0 Å². The quantitative estimate of drug-likeness (QED) is 0.0437. The molecule has 0 saturated carbocycles. The van der Waals surface area contributed by atoms with E-state index in [1.165, 1.54) is 95.7 Å². The standard InChI is InChI=1S/C35H63N4O8P/c1-4-5-6-7-8-9-10-11-12-13-14-15-16-17-18-19-25-45-48(43,44)46-26-30-32(40)33(41)34(47-30)38-24-23-31(37-35(38)42)36-27-39-28(2)21-20-22-29(39)3/h23-24,27-30,32-34,40-41H,4-22,25-26H2,1-3H3,(H,43,44)/t28?,29?,30-,32?,33?,34-/m1/s1. The van der Waals surface area contributed by atoms with Crippen molar-refractivity contribution >= 4 is 20.0 Å². The Bertz CT molecular complexity index is 1160. The molecule has 2 aliphatic heterocycles. The highest BCUT2D eigenvalue weighted by atomic mass is 31.2. The molecule has 0 aromatic carbocycles. The first kappa shape index (κ1) is 40.8. The van der Waals surface area contributed by atoms with Crippen LogP contribution in [0.3, 0.4) is 0 Å². The fourth-order valence-electron chi connectivity index (χ4n) is 6.60. The van der Waals surface area contributed by atoms with Crippen LogP contribution in [0.15, 0.2) is 22.1 Å². The van der Waals surface area contributed by atoms with Crippen molar-refractivity contribution < 1.29 is 33.5 Å². The normalized spacial score (nSPS) is 26.0.